The van der Waals surface area contributed by atoms with E-state index in [1.54, 1.807) is 0 Å². The average molecular weight is 294 g/mol. The largest absolute Gasteiger partial charge is 0.369 e. The number of nitrogens with two attached hydrogens (primary N) is 2. The molecule has 0 bridgehead atoms. The molecule has 10 N–H and O–H groups in total. The molecule has 0 heterocycles. The first-order valence-corrected chi connectivity index (χ1v) is 5.90. The average Bonchev–Trinajstić information content (AvgIpc) is 2.30. The van der Waals surface area contributed by atoms with Crippen molar-refractivity contribution >= 4 is 11.9 Å². The number of aliphatic imine (C=N–C) groups is 2. The maximum atomic E-state index is 8.38. The number of nitrogens with one attached hydrogen (secondary N) is 2. The first-order valence-electron chi connectivity index (χ1n) is 5.90. The summed E-state index contributed by atoms with van der Waals surface area (Å²) < 4.78 is 0. The molecule has 0 aromatic rings. The molecule has 12 heteroatoms. The van der Waals surface area contributed by atoms with Crippen LogP contribution >= 0.6 is 0 Å². The number of hydrogen-bond donors (Lipinski definition) is 8. The monoisotopic (exact) mass is 294 g/mol. The zero-order valence-corrected chi connectivity index (χ0v) is 11.0. The third-order valence-corrected chi connectivity index (χ3v) is 2.06. The van der Waals surface area contributed by atoms with Crippen LogP contribution < -0.4 is 22.3 Å². The van der Waals surface area contributed by atoms with Crippen LogP contribution in [-0.2, 0) is 0 Å². The third-order valence-electron chi connectivity index (χ3n) is 2.06. The summed E-state index contributed by atoms with van der Waals surface area (Å²) >= 11 is 0. The first-order chi connectivity index (χ1) is 9.41. The molecule has 0 radical (unpaired) electrons. The SMILES string of the molecule is NC(=NCCCCCCN=C(N)NN(O)O)NN(O)O. The first kappa shape index (κ1) is 18.3. The summed E-state index contributed by atoms with van der Waals surface area (Å²) in [5.41, 5.74) is 14.5. The molecule has 0 aliphatic carbocycles. The van der Waals surface area contributed by atoms with Crippen LogP contribution in [-0.4, -0.2) is 56.5 Å². The topological polar surface area (TPSA) is 188 Å². The van der Waals surface area contributed by atoms with E-state index in [9.17, 15) is 0 Å². The lowest BCUT2D eigenvalue weighted by atomic mass is 10.2. The van der Waals surface area contributed by atoms with Gasteiger partial charge < -0.3 is 11.5 Å². The fourth-order valence-corrected chi connectivity index (χ4v) is 1.25. The summed E-state index contributed by atoms with van der Waals surface area (Å²) in [6.07, 6.45) is 3.37. The zero-order chi connectivity index (χ0) is 15.4. The lowest BCUT2D eigenvalue weighted by Gasteiger charge is -2.08. The van der Waals surface area contributed by atoms with Crippen LogP contribution in [0.1, 0.15) is 25.7 Å². The van der Waals surface area contributed by atoms with E-state index in [4.69, 9.17) is 32.3 Å². The highest BCUT2D eigenvalue weighted by Crippen LogP contribution is 2.00. The predicted molar refractivity (Wildman–Crippen MR) is 68.5 cm³/mol. The van der Waals surface area contributed by atoms with Gasteiger partial charge in [0.2, 0.25) is 11.9 Å². The van der Waals surface area contributed by atoms with Gasteiger partial charge in [-0.2, -0.15) is 0 Å². The molecule has 0 aromatic carbocycles. The Balaban J connectivity index is 3.49. The smallest absolute Gasteiger partial charge is 0.207 e. The highest BCUT2D eigenvalue weighted by molar-refractivity contribution is 5.77. The Morgan fingerprint density at radius 1 is 0.750 bits per heavy atom. The Morgan fingerprint density at radius 2 is 1.10 bits per heavy atom. The zero-order valence-electron chi connectivity index (χ0n) is 11.0. The van der Waals surface area contributed by atoms with Gasteiger partial charge >= 0.3 is 0 Å². The van der Waals surface area contributed by atoms with Gasteiger partial charge in [-0.15, -0.1) is 0 Å². The van der Waals surface area contributed by atoms with Crippen LogP contribution in [0.4, 0.5) is 0 Å². The maximum Gasteiger partial charge on any atom is 0.207 e. The second-order valence-corrected chi connectivity index (χ2v) is 3.75. The minimum Gasteiger partial charge on any atom is -0.369 e. The molecule has 0 fully saturated rings. The summed E-state index contributed by atoms with van der Waals surface area (Å²) in [5.74, 6) is -0.174. The lowest BCUT2D eigenvalue weighted by molar-refractivity contribution is -0.330. The number of hydrogen-bond acceptors (Lipinski definition) is 8. The minimum absolute atomic E-state index is 0.0870. The van der Waals surface area contributed by atoms with Gasteiger partial charge in [0.1, 0.15) is 0 Å². The Labute approximate surface area is 115 Å². The van der Waals surface area contributed by atoms with Crippen molar-refractivity contribution in [3.8, 4) is 0 Å². The fourth-order valence-electron chi connectivity index (χ4n) is 1.25. The molecule has 0 saturated carbocycles. The normalized spacial score (nSPS) is 13.1. The molecule has 0 spiro atoms. The van der Waals surface area contributed by atoms with Crippen molar-refractivity contribution in [3.05, 3.63) is 0 Å². The molecular formula is C8H22N8O4. The number of unbranched alkanes of at least 4 members (excludes halogenated alkanes) is 3. The molecule has 0 saturated heterocycles. The Morgan fingerprint density at radius 3 is 1.40 bits per heavy atom. The third kappa shape index (κ3) is 12.7. The Kier molecular flexibility index (Phi) is 10.2. The quantitative estimate of drug-likeness (QED) is 0.106. The Bertz CT molecular complexity index is 279. The van der Waals surface area contributed by atoms with E-state index in [0.717, 1.165) is 25.7 Å². The summed E-state index contributed by atoms with van der Waals surface area (Å²) in [5, 5.41) is 33.0. The van der Waals surface area contributed by atoms with E-state index >= 15 is 0 Å². The molecule has 20 heavy (non-hydrogen) atoms. The van der Waals surface area contributed by atoms with Crippen LogP contribution in [0.15, 0.2) is 9.98 Å². The van der Waals surface area contributed by atoms with Gasteiger partial charge in [0.25, 0.3) is 0 Å². The van der Waals surface area contributed by atoms with E-state index in [-0.39, 0.29) is 22.6 Å². The van der Waals surface area contributed by atoms with Crippen molar-refractivity contribution in [1.29, 1.82) is 0 Å². The van der Waals surface area contributed by atoms with E-state index in [0.29, 0.717) is 13.1 Å². The molecule has 0 aliphatic heterocycles. The van der Waals surface area contributed by atoms with Gasteiger partial charge in [0, 0.05) is 23.8 Å². The number of guanidine groups is 2. The van der Waals surface area contributed by atoms with Crippen molar-refractivity contribution in [2.45, 2.75) is 25.7 Å². The van der Waals surface area contributed by atoms with Crippen LogP contribution in [0, 0.1) is 0 Å². The van der Waals surface area contributed by atoms with Crippen molar-refractivity contribution in [3.63, 3.8) is 0 Å². The second-order valence-electron chi connectivity index (χ2n) is 3.75. The second kappa shape index (κ2) is 11.2. The predicted octanol–water partition coefficient (Wildman–Crippen LogP) is -1.65. The lowest BCUT2D eigenvalue weighted by Crippen LogP contribution is -2.42. The van der Waals surface area contributed by atoms with Crippen molar-refractivity contribution in [1.82, 2.24) is 21.5 Å². The van der Waals surface area contributed by atoms with Crippen molar-refractivity contribution in [2.75, 3.05) is 13.1 Å². The van der Waals surface area contributed by atoms with E-state index in [1.165, 1.54) is 0 Å². The number of nitrogens with zero attached hydrogens (tertiary/aromatic N) is 4. The highest BCUT2D eigenvalue weighted by Gasteiger charge is 1.96. The van der Waals surface area contributed by atoms with Gasteiger partial charge in [0.15, 0.2) is 0 Å². The number of hydrazine groups is 2. The van der Waals surface area contributed by atoms with E-state index in [1.807, 2.05) is 10.9 Å². The molecule has 0 atom stereocenters. The molecular weight excluding hydrogens is 272 g/mol. The molecule has 0 aliphatic rings. The number of rotatable bonds is 9. The van der Waals surface area contributed by atoms with Crippen LogP contribution in [0.25, 0.3) is 0 Å². The summed E-state index contributed by atoms with van der Waals surface area (Å²) in [4.78, 5) is 7.69. The van der Waals surface area contributed by atoms with Gasteiger partial charge in [-0.1, -0.05) is 12.8 Å². The minimum atomic E-state index is -0.269. The molecule has 118 valence electrons. The van der Waals surface area contributed by atoms with Crippen LogP contribution in [0.2, 0.25) is 0 Å². The van der Waals surface area contributed by atoms with E-state index in [2.05, 4.69) is 9.98 Å². The Hall–Kier alpha value is -1.70. The van der Waals surface area contributed by atoms with Crippen LogP contribution in [0.3, 0.4) is 0 Å². The highest BCUT2D eigenvalue weighted by atomic mass is 16.8. The van der Waals surface area contributed by atoms with Crippen molar-refractivity contribution < 1.29 is 20.8 Å². The fraction of sp³-hybridized carbons (Fsp3) is 0.750. The molecule has 0 unspecified atom stereocenters. The maximum absolute atomic E-state index is 8.38. The molecule has 0 aromatic heterocycles. The summed E-state index contributed by atoms with van der Waals surface area (Å²) in [6.45, 7) is 0.924. The molecule has 12 nitrogen and oxygen atoms in total. The van der Waals surface area contributed by atoms with E-state index < -0.39 is 0 Å². The van der Waals surface area contributed by atoms with Gasteiger partial charge in [-0.05, 0) is 12.8 Å². The van der Waals surface area contributed by atoms with Gasteiger partial charge in [-0.3, -0.25) is 30.8 Å². The van der Waals surface area contributed by atoms with Crippen molar-refractivity contribution in [2.24, 2.45) is 21.5 Å². The molecule has 0 amide bonds. The standard InChI is InChI=1S/C8H22N8O4/c9-7(13-15(17)18)11-5-3-1-2-4-6-12-8(10)14-16(19)20/h17-20H,1-6H2,(H3,9,11,13)(H3,10,12,14). The van der Waals surface area contributed by atoms with Gasteiger partial charge in [-0.25, -0.2) is 10.9 Å². The molecule has 0 rings (SSSR count). The van der Waals surface area contributed by atoms with Gasteiger partial charge in [0.05, 0.1) is 0 Å². The summed E-state index contributed by atoms with van der Waals surface area (Å²) in [6, 6.07) is 0. The summed E-state index contributed by atoms with van der Waals surface area (Å²) in [7, 11) is 0. The van der Waals surface area contributed by atoms with Crippen LogP contribution in [0.5, 0.6) is 0 Å².